The Hall–Kier alpha value is -0.0800. The van der Waals surface area contributed by atoms with E-state index in [0.29, 0.717) is 23.5 Å². The highest BCUT2D eigenvalue weighted by atomic mass is 16.2. The molecule has 0 saturated heterocycles. The summed E-state index contributed by atoms with van der Waals surface area (Å²) in [4.78, 5) is 0. The normalized spacial score (nSPS) is 39.7. The van der Waals surface area contributed by atoms with Crippen LogP contribution >= 0.6 is 0 Å². The fraction of sp³-hybridized carbons (Fsp3) is 1.00. The largest absolute Gasteiger partial charge is 0.396 e. The standard InChI is InChI=1S/C19H35NO/c1-14(20-13-18(2,3)5-4-6-21)19-10-15-7-16(11-19)9-17(8-15)12-19/h14-17,20-21H,4-13H2,1-3H3. The van der Waals surface area contributed by atoms with Gasteiger partial charge >= 0.3 is 0 Å². The van der Waals surface area contributed by atoms with Crippen LogP contribution in [0.5, 0.6) is 0 Å². The van der Waals surface area contributed by atoms with Crippen molar-refractivity contribution >= 4 is 0 Å². The van der Waals surface area contributed by atoms with Crippen molar-refractivity contribution in [2.75, 3.05) is 13.2 Å². The lowest BCUT2D eigenvalue weighted by Crippen LogP contribution is -2.55. The minimum Gasteiger partial charge on any atom is -0.396 e. The number of hydrogen-bond donors (Lipinski definition) is 2. The van der Waals surface area contributed by atoms with Crippen LogP contribution in [0.2, 0.25) is 0 Å². The minimum absolute atomic E-state index is 0.305. The number of hydrogen-bond acceptors (Lipinski definition) is 2. The van der Waals surface area contributed by atoms with Crippen LogP contribution in [0.25, 0.3) is 0 Å². The van der Waals surface area contributed by atoms with Gasteiger partial charge in [-0.3, -0.25) is 0 Å². The molecule has 122 valence electrons. The Labute approximate surface area is 131 Å². The Balaban J connectivity index is 1.57. The van der Waals surface area contributed by atoms with Crippen LogP contribution in [-0.4, -0.2) is 24.3 Å². The quantitative estimate of drug-likeness (QED) is 0.744. The fourth-order valence-corrected chi connectivity index (χ4v) is 6.00. The predicted molar refractivity (Wildman–Crippen MR) is 88.2 cm³/mol. The van der Waals surface area contributed by atoms with Gasteiger partial charge in [0.1, 0.15) is 0 Å². The molecular formula is C19H35NO. The summed E-state index contributed by atoms with van der Waals surface area (Å²) in [5.41, 5.74) is 0.918. The lowest BCUT2D eigenvalue weighted by atomic mass is 9.48. The van der Waals surface area contributed by atoms with Gasteiger partial charge in [-0.1, -0.05) is 13.8 Å². The minimum atomic E-state index is 0.305. The first kappa shape index (κ1) is 15.8. The van der Waals surface area contributed by atoms with E-state index in [1.807, 2.05) is 0 Å². The van der Waals surface area contributed by atoms with Crippen molar-refractivity contribution in [1.29, 1.82) is 0 Å². The molecule has 2 heteroatoms. The summed E-state index contributed by atoms with van der Waals surface area (Å²) in [6.07, 6.45) is 11.1. The SMILES string of the molecule is CC(NCC(C)(C)CCCO)C12CC3CC(CC(C3)C1)C2. The van der Waals surface area contributed by atoms with Crippen LogP contribution in [0.1, 0.15) is 72.1 Å². The van der Waals surface area contributed by atoms with E-state index in [1.165, 1.54) is 38.5 Å². The third-order valence-electron chi connectivity index (χ3n) is 6.90. The molecule has 2 nitrogen and oxygen atoms in total. The molecule has 2 N–H and O–H groups in total. The Morgan fingerprint density at radius 2 is 1.62 bits per heavy atom. The average molecular weight is 293 g/mol. The molecule has 0 aromatic carbocycles. The predicted octanol–water partition coefficient (Wildman–Crippen LogP) is 3.98. The van der Waals surface area contributed by atoms with Gasteiger partial charge in [0.2, 0.25) is 0 Å². The third kappa shape index (κ3) is 3.32. The Morgan fingerprint density at radius 3 is 2.10 bits per heavy atom. The molecule has 21 heavy (non-hydrogen) atoms. The molecular weight excluding hydrogens is 258 g/mol. The summed E-state index contributed by atoms with van der Waals surface area (Å²) in [5, 5.41) is 12.9. The Morgan fingerprint density at radius 1 is 1.10 bits per heavy atom. The van der Waals surface area contributed by atoms with E-state index in [-0.39, 0.29) is 0 Å². The van der Waals surface area contributed by atoms with E-state index in [4.69, 9.17) is 5.11 Å². The smallest absolute Gasteiger partial charge is 0.0431 e. The van der Waals surface area contributed by atoms with Crippen LogP contribution < -0.4 is 5.32 Å². The summed E-state index contributed by atoms with van der Waals surface area (Å²) in [6.45, 7) is 8.54. The van der Waals surface area contributed by atoms with E-state index in [9.17, 15) is 0 Å². The zero-order chi connectivity index (χ0) is 15.1. The molecule has 4 saturated carbocycles. The van der Waals surface area contributed by atoms with Gasteiger partial charge in [0.05, 0.1) is 0 Å². The molecule has 4 bridgehead atoms. The van der Waals surface area contributed by atoms with E-state index in [1.54, 1.807) is 0 Å². The molecule has 1 atom stereocenters. The van der Waals surface area contributed by atoms with Gasteiger partial charge in [-0.2, -0.15) is 0 Å². The molecule has 0 aromatic rings. The average Bonchev–Trinajstić information content (AvgIpc) is 2.41. The van der Waals surface area contributed by atoms with Gasteiger partial charge in [0.25, 0.3) is 0 Å². The van der Waals surface area contributed by atoms with Gasteiger partial charge in [-0.25, -0.2) is 0 Å². The highest BCUT2D eigenvalue weighted by Gasteiger charge is 2.53. The molecule has 0 radical (unpaired) electrons. The first-order chi connectivity index (χ1) is 9.92. The maximum absolute atomic E-state index is 9.04. The van der Waals surface area contributed by atoms with Crippen molar-refractivity contribution in [2.24, 2.45) is 28.6 Å². The van der Waals surface area contributed by atoms with Crippen molar-refractivity contribution in [3.05, 3.63) is 0 Å². The Bertz CT molecular complexity index is 327. The van der Waals surface area contributed by atoms with Crippen LogP contribution in [0.4, 0.5) is 0 Å². The summed E-state index contributed by atoms with van der Waals surface area (Å²) in [5.74, 6) is 3.13. The summed E-state index contributed by atoms with van der Waals surface area (Å²) >= 11 is 0. The lowest BCUT2D eigenvalue weighted by Gasteiger charge is -2.59. The number of aliphatic hydroxyl groups is 1. The van der Waals surface area contributed by atoms with Crippen molar-refractivity contribution in [3.63, 3.8) is 0 Å². The zero-order valence-electron chi connectivity index (χ0n) is 14.3. The third-order valence-corrected chi connectivity index (χ3v) is 6.90. The number of nitrogens with one attached hydrogen (secondary N) is 1. The molecule has 0 heterocycles. The lowest BCUT2D eigenvalue weighted by molar-refractivity contribution is -0.0715. The summed E-state index contributed by atoms with van der Waals surface area (Å²) < 4.78 is 0. The molecule has 4 aliphatic rings. The molecule has 4 rings (SSSR count). The second-order valence-corrected chi connectivity index (χ2v) is 9.37. The second kappa shape index (κ2) is 5.85. The van der Waals surface area contributed by atoms with Gasteiger partial charge < -0.3 is 10.4 Å². The molecule has 0 amide bonds. The molecule has 4 aliphatic carbocycles. The number of rotatable bonds is 7. The van der Waals surface area contributed by atoms with Crippen LogP contribution in [0.15, 0.2) is 0 Å². The van der Waals surface area contributed by atoms with Crippen LogP contribution in [-0.2, 0) is 0 Å². The highest BCUT2D eigenvalue weighted by Crippen LogP contribution is 2.61. The fourth-order valence-electron chi connectivity index (χ4n) is 6.00. The molecule has 1 unspecified atom stereocenters. The van der Waals surface area contributed by atoms with Crippen molar-refractivity contribution < 1.29 is 5.11 Å². The van der Waals surface area contributed by atoms with Gasteiger partial charge in [0.15, 0.2) is 0 Å². The van der Waals surface area contributed by atoms with E-state index < -0.39 is 0 Å². The topological polar surface area (TPSA) is 32.3 Å². The van der Waals surface area contributed by atoms with Gasteiger partial charge in [-0.15, -0.1) is 0 Å². The zero-order valence-corrected chi connectivity index (χ0v) is 14.3. The first-order valence-electron chi connectivity index (χ1n) is 9.27. The first-order valence-corrected chi connectivity index (χ1v) is 9.27. The van der Waals surface area contributed by atoms with Gasteiger partial charge in [0, 0.05) is 19.2 Å². The van der Waals surface area contributed by atoms with E-state index in [0.717, 1.165) is 37.1 Å². The van der Waals surface area contributed by atoms with Crippen LogP contribution in [0, 0.1) is 28.6 Å². The Kier molecular flexibility index (Phi) is 4.40. The van der Waals surface area contributed by atoms with Crippen LogP contribution in [0.3, 0.4) is 0 Å². The highest BCUT2D eigenvalue weighted by molar-refractivity contribution is 5.05. The monoisotopic (exact) mass is 293 g/mol. The molecule has 4 fully saturated rings. The maximum Gasteiger partial charge on any atom is 0.0431 e. The van der Waals surface area contributed by atoms with E-state index in [2.05, 4.69) is 26.1 Å². The van der Waals surface area contributed by atoms with Gasteiger partial charge in [-0.05, 0) is 86.9 Å². The summed E-state index contributed by atoms with van der Waals surface area (Å²) in [6, 6.07) is 0.666. The van der Waals surface area contributed by atoms with Crippen molar-refractivity contribution in [3.8, 4) is 0 Å². The molecule has 0 spiro atoms. The molecule has 0 aliphatic heterocycles. The van der Waals surface area contributed by atoms with Crippen molar-refractivity contribution in [1.82, 2.24) is 5.32 Å². The number of aliphatic hydroxyl groups excluding tert-OH is 1. The molecule has 0 aromatic heterocycles. The van der Waals surface area contributed by atoms with E-state index >= 15 is 0 Å². The second-order valence-electron chi connectivity index (χ2n) is 9.37. The maximum atomic E-state index is 9.04. The summed E-state index contributed by atoms with van der Waals surface area (Å²) in [7, 11) is 0. The van der Waals surface area contributed by atoms with Crippen molar-refractivity contribution in [2.45, 2.75) is 78.2 Å².